The van der Waals surface area contributed by atoms with E-state index in [9.17, 15) is 13.2 Å². The summed E-state index contributed by atoms with van der Waals surface area (Å²) in [7, 11) is -2.95. The number of nitrogens with zero attached hydrogens (tertiary/aromatic N) is 1. The standard InChI is InChI=1S/C18H28N2O3S2/c21-18(19-11-15-5-2-1-3-6-15)13-20(12-17-7-4-9-24-17)16-8-10-25(22,23)14-16/h4,7,9,15-16H,1-3,5-6,8,10-14H2,(H,19,21)/t16-/m0/s1. The van der Waals surface area contributed by atoms with Crippen LogP contribution in [0.3, 0.4) is 0 Å². The molecule has 3 rings (SSSR count). The highest BCUT2D eigenvalue weighted by Gasteiger charge is 2.33. The average molecular weight is 385 g/mol. The minimum absolute atomic E-state index is 0.0198. The molecule has 0 radical (unpaired) electrons. The molecule has 1 N–H and O–H groups in total. The van der Waals surface area contributed by atoms with Crippen LogP contribution in [0, 0.1) is 5.92 Å². The fourth-order valence-corrected chi connectivity index (χ4v) is 6.36. The molecule has 7 heteroatoms. The van der Waals surface area contributed by atoms with E-state index in [4.69, 9.17) is 0 Å². The van der Waals surface area contributed by atoms with Gasteiger partial charge in [-0.3, -0.25) is 9.69 Å². The zero-order valence-electron chi connectivity index (χ0n) is 14.7. The highest BCUT2D eigenvalue weighted by atomic mass is 32.2. The second-order valence-electron chi connectivity index (χ2n) is 7.35. The zero-order valence-corrected chi connectivity index (χ0v) is 16.3. The van der Waals surface area contributed by atoms with Crippen molar-refractivity contribution >= 4 is 27.1 Å². The maximum absolute atomic E-state index is 12.4. The molecule has 2 heterocycles. The van der Waals surface area contributed by atoms with Gasteiger partial charge in [-0.15, -0.1) is 11.3 Å². The van der Waals surface area contributed by atoms with Crippen molar-refractivity contribution in [3.05, 3.63) is 22.4 Å². The molecule has 140 valence electrons. The summed E-state index contributed by atoms with van der Waals surface area (Å²) in [5.41, 5.74) is 0. The molecule has 1 saturated carbocycles. The quantitative estimate of drug-likeness (QED) is 0.784. The van der Waals surface area contributed by atoms with Crippen LogP contribution < -0.4 is 5.32 Å². The summed E-state index contributed by atoms with van der Waals surface area (Å²) in [6, 6.07) is 3.99. The zero-order chi connectivity index (χ0) is 17.7. The predicted molar refractivity (Wildman–Crippen MR) is 101 cm³/mol. The van der Waals surface area contributed by atoms with E-state index in [1.165, 1.54) is 37.0 Å². The second kappa shape index (κ2) is 8.64. The van der Waals surface area contributed by atoms with Crippen LogP contribution in [-0.2, 0) is 21.2 Å². The highest BCUT2D eigenvalue weighted by Crippen LogP contribution is 2.23. The molecule has 2 fully saturated rings. The molecule has 1 atom stereocenters. The van der Waals surface area contributed by atoms with Crippen LogP contribution in [0.1, 0.15) is 43.4 Å². The number of rotatable bonds is 7. The number of amides is 1. The molecule has 0 spiro atoms. The molecule has 2 aliphatic rings. The molecule has 0 unspecified atom stereocenters. The molecule has 1 amide bonds. The van der Waals surface area contributed by atoms with Crippen LogP contribution in [0.5, 0.6) is 0 Å². The maximum atomic E-state index is 12.4. The van der Waals surface area contributed by atoms with Crippen LogP contribution in [-0.4, -0.2) is 49.9 Å². The molecule has 1 aliphatic carbocycles. The molecule has 25 heavy (non-hydrogen) atoms. The number of carbonyl (C=O) groups is 1. The van der Waals surface area contributed by atoms with E-state index < -0.39 is 9.84 Å². The lowest BCUT2D eigenvalue weighted by molar-refractivity contribution is -0.123. The molecule has 1 aliphatic heterocycles. The Bertz CT molecular complexity index is 652. The third kappa shape index (κ3) is 5.79. The Morgan fingerprint density at radius 3 is 2.68 bits per heavy atom. The van der Waals surface area contributed by atoms with Crippen molar-refractivity contribution in [3.8, 4) is 0 Å². The van der Waals surface area contributed by atoms with Gasteiger partial charge < -0.3 is 5.32 Å². The number of nitrogens with one attached hydrogen (secondary N) is 1. The first-order chi connectivity index (χ1) is 12.0. The summed E-state index contributed by atoms with van der Waals surface area (Å²) >= 11 is 1.65. The Hall–Kier alpha value is -0.920. The van der Waals surface area contributed by atoms with Gasteiger partial charge in [-0.05, 0) is 36.6 Å². The van der Waals surface area contributed by atoms with Gasteiger partial charge in [0.1, 0.15) is 0 Å². The molecule has 0 aromatic carbocycles. The Morgan fingerprint density at radius 2 is 2.04 bits per heavy atom. The van der Waals surface area contributed by atoms with Gasteiger partial charge >= 0.3 is 0 Å². The second-order valence-corrected chi connectivity index (χ2v) is 10.6. The molecule has 1 saturated heterocycles. The Morgan fingerprint density at radius 1 is 1.24 bits per heavy atom. The molecule has 1 aromatic rings. The Labute approximate surface area is 154 Å². The lowest BCUT2D eigenvalue weighted by atomic mass is 9.89. The van der Waals surface area contributed by atoms with E-state index in [-0.39, 0.29) is 30.0 Å². The minimum Gasteiger partial charge on any atom is -0.355 e. The van der Waals surface area contributed by atoms with E-state index in [0.717, 1.165) is 6.54 Å². The third-order valence-corrected chi connectivity index (χ3v) is 7.93. The van der Waals surface area contributed by atoms with E-state index in [1.807, 2.05) is 22.4 Å². The number of thiophene rings is 1. The van der Waals surface area contributed by atoms with Crippen molar-refractivity contribution in [1.82, 2.24) is 10.2 Å². The average Bonchev–Trinajstić information content (AvgIpc) is 3.22. The maximum Gasteiger partial charge on any atom is 0.234 e. The first kappa shape index (κ1) is 18.9. The molecule has 0 bridgehead atoms. The number of hydrogen-bond acceptors (Lipinski definition) is 5. The van der Waals surface area contributed by atoms with Gasteiger partial charge in [0, 0.05) is 24.0 Å². The number of hydrogen-bond donors (Lipinski definition) is 1. The lowest BCUT2D eigenvalue weighted by Gasteiger charge is -2.28. The summed E-state index contributed by atoms with van der Waals surface area (Å²) in [6.45, 7) is 1.69. The highest BCUT2D eigenvalue weighted by molar-refractivity contribution is 7.91. The summed E-state index contributed by atoms with van der Waals surface area (Å²) in [4.78, 5) is 15.7. The topological polar surface area (TPSA) is 66.5 Å². The van der Waals surface area contributed by atoms with Crippen LogP contribution in [0.4, 0.5) is 0 Å². The van der Waals surface area contributed by atoms with Crippen molar-refractivity contribution in [2.24, 2.45) is 5.92 Å². The predicted octanol–water partition coefficient (Wildman–Crippen LogP) is 2.43. The van der Waals surface area contributed by atoms with Gasteiger partial charge in [0.25, 0.3) is 0 Å². The molecular weight excluding hydrogens is 356 g/mol. The third-order valence-electron chi connectivity index (χ3n) is 5.32. The largest absolute Gasteiger partial charge is 0.355 e. The van der Waals surface area contributed by atoms with Crippen molar-refractivity contribution in [2.45, 2.75) is 51.1 Å². The van der Waals surface area contributed by atoms with E-state index in [2.05, 4.69) is 5.32 Å². The SMILES string of the molecule is O=C(CN(Cc1cccs1)[C@H]1CCS(=O)(=O)C1)NCC1CCCCC1. The Balaban J connectivity index is 1.55. The fraction of sp³-hybridized carbons (Fsp3) is 0.722. The first-order valence-electron chi connectivity index (χ1n) is 9.25. The van der Waals surface area contributed by atoms with Gasteiger partial charge in [-0.1, -0.05) is 25.3 Å². The smallest absolute Gasteiger partial charge is 0.234 e. The summed E-state index contributed by atoms with van der Waals surface area (Å²) in [5, 5.41) is 5.10. The van der Waals surface area contributed by atoms with Crippen LogP contribution in [0.15, 0.2) is 17.5 Å². The van der Waals surface area contributed by atoms with Crippen molar-refractivity contribution < 1.29 is 13.2 Å². The normalized spacial score (nSPS) is 23.8. The molecule has 1 aromatic heterocycles. The Kier molecular flexibility index (Phi) is 6.52. The van der Waals surface area contributed by atoms with Crippen molar-refractivity contribution in [3.63, 3.8) is 0 Å². The van der Waals surface area contributed by atoms with Crippen LogP contribution in [0.25, 0.3) is 0 Å². The fourth-order valence-electron chi connectivity index (χ4n) is 3.87. The van der Waals surface area contributed by atoms with E-state index in [0.29, 0.717) is 18.9 Å². The van der Waals surface area contributed by atoms with Crippen LogP contribution >= 0.6 is 11.3 Å². The van der Waals surface area contributed by atoms with E-state index >= 15 is 0 Å². The van der Waals surface area contributed by atoms with Gasteiger partial charge in [-0.25, -0.2) is 8.42 Å². The number of carbonyl (C=O) groups excluding carboxylic acids is 1. The van der Waals surface area contributed by atoms with Crippen LogP contribution in [0.2, 0.25) is 0 Å². The van der Waals surface area contributed by atoms with Gasteiger partial charge in [0.05, 0.1) is 18.1 Å². The van der Waals surface area contributed by atoms with Gasteiger partial charge in [-0.2, -0.15) is 0 Å². The summed E-state index contributed by atoms with van der Waals surface area (Å²) in [5.74, 6) is 1.04. The van der Waals surface area contributed by atoms with Crippen molar-refractivity contribution in [1.29, 1.82) is 0 Å². The summed E-state index contributed by atoms with van der Waals surface area (Å²) in [6.07, 6.45) is 6.90. The summed E-state index contributed by atoms with van der Waals surface area (Å²) < 4.78 is 23.7. The monoisotopic (exact) mass is 384 g/mol. The van der Waals surface area contributed by atoms with E-state index in [1.54, 1.807) is 11.3 Å². The lowest BCUT2D eigenvalue weighted by Crippen LogP contribution is -2.44. The molecular formula is C18H28N2O3S2. The molecule has 5 nitrogen and oxygen atoms in total. The van der Waals surface area contributed by atoms with Gasteiger partial charge in [0.15, 0.2) is 9.84 Å². The number of sulfone groups is 1. The van der Waals surface area contributed by atoms with Gasteiger partial charge in [0.2, 0.25) is 5.91 Å². The van der Waals surface area contributed by atoms with Crippen molar-refractivity contribution in [2.75, 3.05) is 24.6 Å². The first-order valence-corrected chi connectivity index (χ1v) is 12.0. The minimum atomic E-state index is -2.95.